The summed E-state index contributed by atoms with van der Waals surface area (Å²) in [5.41, 5.74) is 0.507. The molecule has 0 radical (unpaired) electrons. The second kappa shape index (κ2) is 6.53. The molecule has 1 aromatic rings. The van der Waals surface area contributed by atoms with Crippen molar-refractivity contribution in [2.45, 2.75) is 39.0 Å². The highest BCUT2D eigenvalue weighted by atomic mass is 16.2. The molecule has 1 saturated carbocycles. The summed E-state index contributed by atoms with van der Waals surface area (Å²) in [6.45, 7) is 4.31. The molecule has 26 heavy (non-hydrogen) atoms. The van der Waals surface area contributed by atoms with E-state index in [-0.39, 0.29) is 17.6 Å². The predicted octanol–water partition coefficient (Wildman–Crippen LogP) is 2.75. The normalized spacial score (nSPS) is 25.8. The van der Waals surface area contributed by atoms with Crippen LogP contribution in [0.2, 0.25) is 0 Å². The highest BCUT2D eigenvalue weighted by Crippen LogP contribution is 2.42. The summed E-state index contributed by atoms with van der Waals surface area (Å²) in [5, 5.41) is 0. The Labute approximate surface area is 154 Å². The van der Waals surface area contributed by atoms with E-state index in [9.17, 15) is 14.4 Å². The second-order valence-electron chi connectivity index (χ2n) is 8.16. The van der Waals surface area contributed by atoms with Gasteiger partial charge in [-0.05, 0) is 51.0 Å². The number of hydrogen-bond acceptors (Lipinski definition) is 3. The topological polar surface area (TPSA) is 57.7 Å². The molecule has 3 aliphatic rings. The summed E-state index contributed by atoms with van der Waals surface area (Å²) in [5.74, 6) is 0.702. The summed E-state index contributed by atoms with van der Waals surface area (Å²) < 4.78 is 0. The molecule has 1 spiro atoms. The minimum atomic E-state index is -0.409. The van der Waals surface area contributed by atoms with E-state index < -0.39 is 5.41 Å². The predicted molar refractivity (Wildman–Crippen MR) is 97.9 cm³/mol. The van der Waals surface area contributed by atoms with Crippen LogP contribution in [0.15, 0.2) is 24.3 Å². The number of hydrogen-bond donors (Lipinski definition) is 0. The maximum atomic E-state index is 13.1. The van der Waals surface area contributed by atoms with Gasteiger partial charge in [0.1, 0.15) is 0 Å². The Morgan fingerprint density at radius 1 is 1.12 bits per heavy atom. The van der Waals surface area contributed by atoms with Crippen LogP contribution in [0, 0.1) is 11.3 Å². The molecule has 0 N–H and O–H groups in total. The van der Waals surface area contributed by atoms with E-state index in [0.717, 1.165) is 32.4 Å². The zero-order valence-electron chi connectivity index (χ0n) is 15.4. The minimum absolute atomic E-state index is 0.104. The number of ketones is 1. The van der Waals surface area contributed by atoms with Crippen LogP contribution in [-0.2, 0) is 4.79 Å². The average Bonchev–Trinajstić information content (AvgIpc) is 3.36. The van der Waals surface area contributed by atoms with Crippen molar-refractivity contribution in [1.82, 2.24) is 9.80 Å². The van der Waals surface area contributed by atoms with Crippen molar-refractivity contribution in [2.24, 2.45) is 11.3 Å². The van der Waals surface area contributed by atoms with Gasteiger partial charge in [0.15, 0.2) is 5.78 Å². The van der Waals surface area contributed by atoms with Crippen LogP contribution in [0.4, 0.5) is 0 Å². The van der Waals surface area contributed by atoms with E-state index in [0.29, 0.717) is 30.1 Å². The highest BCUT2D eigenvalue weighted by Gasteiger charge is 2.50. The molecule has 1 atom stereocenters. The van der Waals surface area contributed by atoms with Crippen LogP contribution < -0.4 is 0 Å². The fraction of sp³-hybridized carbons (Fsp3) is 0.571. The molecule has 5 nitrogen and oxygen atoms in total. The molecule has 5 heteroatoms. The standard InChI is InChI=1S/C21H26N2O3/c1-15(24)17-5-2-3-6-18(17)19(25)23-12-10-21(14-23)9-4-11-22(20(21)26)13-16-7-8-16/h2-3,5-6,16H,4,7-14H2,1H3. The molecule has 3 fully saturated rings. The van der Waals surface area contributed by atoms with Crippen LogP contribution >= 0.6 is 0 Å². The van der Waals surface area contributed by atoms with Crippen LogP contribution in [0.3, 0.4) is 0 Å². The van der Waals surface area contributed by atoms with Crippen LogP contribution in [0.25, 0.3) is 0 Å². The fourth-order valence-electron chi connectivity index (χ4n) is 4.51. The number of benzene rings is 1. The molecule has 138 valence electrons. The first-order valence-corrected chi connectivity index (χ1v) is 9.69. The quantitative estimate of drug-likeness (QED) is 0.781. The maximum Gasteiger partial charge on any atom is 0.254 e. The molecule has 2 heterocycles. The number of amides is 2. The fourth-order valence-corrected chi connectivity index (χ4v) is 4.51. The van der Waals surface area contributed by atoms with Crippen molar-refractivity contribution in [3.05, 3.63) is 35.4 Å². The molecule has 0 bridgehead atoms. The molecule has 4 rings (SSSR count). The SMILES string of the molecule is CC(=O)c1ccccc1C(=O)N1CCC2(CCCN(CC3CC3)C2=O)C1. The van der Waals surface area contributed by atoms with Crippen molar-refractivity contribution in [3.63, 3.8) is 0 Å². The zero-order valence-corrected chi connectivity index (χ0v) is 15.4. The molecule has 0 aromatic heterocycles. The van der Waals surface area contributed by atoms with Gasteiger partial charge in [-0.25, -0.2) is 0 Å². The first-order chi connectivity index (χ1) is 12.5. The molecule has 1 unspecified atom stereocenters. The Morgan fingerprint density at radius 2 is 1.85 bits per heavy atom. The Hall–Kier alpha value is -2.17. The van der Waals surface area contributed by atoms with Gasteiger partial charge in [0.05, 0.1) is 11.0 Å². The van der Waals surface area contributed by atoms with Gasteiger partial charge in [-0.3, -0.25) is 14.4 Å². The third-order valence-corrected chi connectivity index (χ3v) is 6.18. The van der Waals surface area contributed by atoms with Crippen molar-refractivity contribution in [1.29, 1.82) is 0 Å². The van der Waals surface area contributed by atoms with Gasteiger partial charge in [0, 0.05) is 31.7 Å². The largest absolute Gasteiger partial charge is 0.342 e. The number of carbonyl (C=O) groups is 3. The van der Waals surface area contributed by atoms with Crippen molar-refractivity contribution in [3.8, 4) is 0 Å². The monoisotopic (exact) mass is 354 g/mol. The first-order valence-electron chi connectivity index (χ1n) is 9.69. The number of carbonyl (C=O) groups excluding carboxylic acids is 3. The summed E-state index contributed by atoms with van der Waals surface area (Å²) in [6, 6.07) is 6.98. The lowest BCUT2D eigenvalue weighted by atomic mass is 9.78. The lowest BCUT2D eigenvalue weighted by Crippen LogP contribution is -2.51. The van der Waals surface area contributed by atoms with Crippen molar-refractivity contribution in [2.75, 3.05) is 26.2 Å². The van der Waals surface area contributed by atoms with Gasteiger partial charge in [-0.2, -0.15) is 0 Å². The number of piperidine rings is 1. The van der Waals surface area contributed by atoms with Gasteiger partial charge in [0.2, 0.25) is 5.91 Å². The molecule has 2 saturated heterocycles. The Morgan fingerprint density at radius 3 is 2.54 bits per heavy atom. The van der Waals surface area contributed by atoms with E-state index in [1.165, 1.54) is 19.8 Å². The lowest BCUT2D eigenvalue weighted by Gasteiger charge is -2.39. The van der Waals surface area contributed by atoms with Gasteiger partial charge in [-0.15, -0.1) is 0 Å². The first kappa shape index (κ1) is 17.3. The van der Waals surface area contributed by atoms with Crippen LogP contribution in [0.5, 0.6) is 0 Å². The van der Waals surface area contributed by atoms with Crippen LogP contribution in [-0.4, -0.2) is 53.6 Å². The van der Waals surface area contributed by atoms with E-state index in [1.807, 2.05) is 4.90 Å². The summed E-state index contributed by atoms with van der Waals surface area (Å²) in [4.78, 5) is 41.8. The number of rotatable bonds is 4. The lowest BCUT2D eigenvalue weighted by molar-refractivity contribution is -0.145. The third-order valence-electron chi connectivity index (χ3n) is 6.18. The zero-order chi connectivity index (χ0) is 18.3. The molecule has 2 amide bonds. The smallest absolute Gasteiger partial charge is 0.254 e. The summed E-state index contributed by atoms with van der Waals surface area (Å²) in [6.07, 6.45) is 5.10. The summed E-state index contributed by atoms with van der Waals surface area (Å²) in [7, 11) is 0. The van der Waals surface area contributed by atoms with Crippen molar-refractivity contribution < 1.29 is 14.4 Å². The Kier molecular flexibility index (Phi) is 4.33. The van der Waals surface area contributed by atoms with Crippen molar-refractivity contribution >= 4 is 17.6 Å². The second-order valence-corrected chi connectivity index (χ2v) is 8.16. The third kappa shape index (κ3) is 3.04. The van der Waals surface area contributed by atoms with Crippen LogP contribution in [0.1, 0.15) is 59.7 Å². The van der Waals surface area contributed by atoms with Gasteiger partial charge >= 0.3 is 0 Å². The number of likely N-dealkylation sites (tertiary alicyclic amines) is 2. The maximum absolute atomic E-state index is 13.1. The number of Topliss-reactive ketones (excluding diaryl/α,β-unsaturated/α-hetero) is 1. The van der Waals surface area contributed by atoms with E-state index in [2.05, 4.69) is 0 Å². The Bertz CT molecular complexity index is 755. The number of nitrogens with zero attached hydrogens (tertiary/aromatic N) is 2. The molecule has 1 aliphatic carbocycles. The van der Waals surface area contributed by atoms with Gasteiger partial charge in [0.25, 0.3) is 5.91 Å². The summed E-state index contributed by atoms with van der Waals surface area (Å²) >= 11 is 0. The van der Waals surface area contributed by atoms with Gasteiger partial charge < -0.3 is 9.80 Å². The molecular formula is C21H26N2O3. The molecular weight excluding hydrogens is 328 g/mol. The Balaban J connectivity index is 1.52. The van der Waals surface area contributed by atoms with E-state index >= 15 is 0 Å². The average molecular weight is 354 g/mol. The minimum Gasteiger partial charge on any atom is -0.342 e. The van der Waals surface area contributed by atoms with E-state index in [4.69, 9.17) is 0 Å². The molecule has 2 aliphatic heterocycles. The van der Waals surface area contributed by atoms with E-state index in [1.54, 1.807) is 29.2 Å². The molecule has 1 aromatic carbocycles. The van der Waals surface area contributed by atoms with Gasteiger partial charge in [-0.1, -0.05) is 18.2 Å². The highest BCUT2D eigenvalue weighted by molar-refractivity contribution is 6.07.